The van der Waals surface area contributed by atoms with Gasteiger partial charge in [0.05, 0.1) is 0 Å². The maximum atomic E-state index is 2.56. The molecule has 0 aromatic heterocycles. The quantitative estimate of drug-likeness (QED) is 0.100. The van der Waals surface area contributed by atoms with Gasteiger partial charge in [-0.05, 0) is 71.9 Å². The molecule has 0 N–H and O–H groups in total. The van der Waals surface area contributed by atoms with E-state index >= 15 is 0 Å². The molecule has 5 heteroatoms. The smallest absolute Gasteiger partial charge is 1.00 e. The topological polar surface area (TPSA) is 0 Å². The third kappa shape index (κ3) is 8.05. The Morgan fingerprint density at radius 3 is 0.951 bits per heavy atom. The van der Waals surface area contributed by atoms with Gasteiger partial charge in [0.1, 0.15) is 8.07 Å². The fraction of sp³-hybridized carbons (Fsp3) is 0.361. The molecule has 0 fully saturated rings. The van der Waals surface area contributed by atoms with E-state index in [1.54, 1.807) is 20.7 Å². The minimum atomic E-state index is -2.58. The van der Waals surface area contributed by atoms with Crippen LogP contribution in [0, 0.1) is 6.92 Å². The number of benzene rings is 3. The molecule has 0 heterocycles. The molecule has 0 unspecified atom stereocenters. The molecule has 0 radical (unpaired) electrons. The van der Waals surface area contributed by atoms with E-state index in [1.165, 1.54) is 38.9 Å². The Balaban J connectivity index is 0.00000400. The first-order valence-electron chi connectivity index (χ1n) is 14.6. The molecule has 4 aromatic carbocycles. The van der Waals surface area contributed by atoms with Crippen molar-refractivity contribution >= 4 is 28.8 Å². The first kappa shape index (κ1) is 39.8. The standard InChI is InChI=1S/C36H45Si.3ClH.Ti/c1-8-27-17-28(9-2)21-33(20-27)37(36-16-14-15-26(36)7,34-22-29(10-3)18-30(11-4)23-34)35-24-31(12-5)19-32(13-6)25-35;;;;/h14-25H,8-13H2,1-7H3;3*1H;/q-1;;;;+4/p-3. The molecule has 0 nitrogen and oxygen atoms in total. The third-order valence-corrected chi connectivity index (χ3v) is 13.2. The Morgan fingerprint density at radius 2 is 0.756 bits per heavy atom. The van der Waals surface area contributed by atoms with Crippen LogP contribution in [0.5, 0.6) is 0 Å². The summed E-state index contributed by atoms with van der Waals surface area (Å²) in [6.45, 7) is 16.1. The van der Waals surface area contributed by atoms with Gasteiger partial charge < -0.3 is 37.2 Å². The molecule has 41 heavy (non-hydrogen) atoms. The van der Waals surface area contributed by atoms with Crippen molar-refractivity contribution in [3.8, 4) is 0 Å². The molecule has 0 spiro atoms. The Bertz CT molecular complexity index is 1170. The molecule has 0 saturated carbocycles. The molecule has 0 aliphatic heterocycles. The fourth-order valence-electron chi connectivity index (χ4n) is 6.06. The second kappa shape index (κ2) is 17.8. The molecule has 0 bridgehead atoms. The van der Waals surface area contributed by atoms with Gasteiger partial charge in [-0.2, -0.15) is 11.6 Å². The van der Waals surface area contributed by atoms with Gasteiger partial charge in [0.2, 0.25) is 0 Å². The van der Waals surface area contributed by atoms with Crippen LogP contribution < -0.4 is 58.0 Å². The van der Waals surface area contributed by atoms with Crippen LogP contribution in [0.1, 0.15) is 80.5 Å². The molecular weight excluding hydrogens is 615 g/mol. The van der Waals surface area contributed by atoms with Crippen molar-refractivity contribution in [2.45, 2.75) is 87.0 Å². The molecule has 4 rings (SSSR count). The van der Waals surface area contributed by atoms with E-state index in [1.807, 2.05) is 0 Å². The van der Waals surface area contributed by atoms with Crippen molar-refractivity contribution in [3.63, 3.8) is 0 Å². The minimum absolute atomic E-state index is 0. The average molecular weight is 660 g/mol. The molecule has 4 aromatic rings. The van der Waals surface area contributed by atoms with Gasteiger partial charge in [0.15, 0.2) is 0 Å². The molecule has 218 valence electrons. The van der Waals surface area contributed by atoms with Gasteiger partial charge in [-0.15, -0.1) is 5.19 Å². The molecule has 0 saturated heterocycles. The summed E-state index contributed by atoms with van der Waals surface area (Å²) < 4.78 is 0. The Morgan fingerprint density at radius 1 is 0.488 bits per heavy atom. The summed E-state index contributed by atoms with van der Waals surface area (Å²) >= 11 is 0. The maximum Gasteiger partial charge on any atom is 4.00 e. The van der Waals surface area contributed by atoms with Crippen molar-refractivity contribution in [2.75, 3.05) is 0 Å². The number of aryl methyl sites for hydroxylation is 7. The van der Waals surface area contributed by atoms with Crippen molar-refractivity contribution in [2.24, 2.45) is 0 Å². The third-order valence-electron chi connectivity index (χ3n) is 8.34. The molecule has 0 amide bonds. The summed E-state index contributed by atoms with van der Waals surface area (Å²) in [7, 11) is -2.58. The predicted octanol–water partition coefficient (Wildman–Crippen LogP) is -2.52. The molecule has 0 aliphatic carbocycles. The molecule has 0 atom stereocenters. The van der Waals surface area contributed by atoms with Crippen LogP contribution in [-0.2, 0) is 60.2 Å². The summed E-state index contributed by atoms with van der Waals surface area (Å²) in [6.07, 6.45) is 6.39. The Kier molecular flexibility index (Phi) is 17.3. The van der Waals surface area contributed by atoms with Gasteiger partial charge in [0, 0.05) is 0 Å². The summed E-state index contributed by atoms with van der Waals surface area (Å²) in [5.74, 6) is 0. The second-order valence-corrected chi connectivity index (χ2v) is 14.4. The van der Waals surface area contributed by atoms with E-state index in [2.05, 4.69) is 121 Å². The zero-order valence-electron chi connectivity index (χ0n) is 25.8. The first-order chi connectivity index (χ1) is 17.9. The van der Waals surface area contributed by atoms with Crippen LogP contribution in [0.25, 0.3) is 0 Å². The van der Waals surface area contributed by atoms with E-state index in [0.29, 0.717) is 0 Å². The van der Waals surface area contributed by atoms with Crippen molar-refractivity contribution in [3.05, 3.63) is 112 Å². The second-order valence-electron chi connectivity index (χ2n) is 10.6. The first-order valence-corrected chi connectivity index (χ1v) is 16.6. The largest absolute Gasteiger partial charge is 4.00 e. The van der Waals surface area contributed by atoms with Crippen LogP contribution >= 0.6 is 0 Å². The average Bonchev–Trinajstić information content (AvgIpc) is 3.38. The van der Waals surface area contributed by atoms with E-state index in [0.717, 1.165) is 38.5 Å². The van der Waals surface area contributed by atoms with Crippen LogP contribution in [-0.4, -0.2) is 8.07 Å². The number of hydrogen-bond donors (Lipinski definition) is 0. The van der Waals surface area contributed by atoms with E-state index in [9.17, 15) is 0 Å². The maximum absolute atomic E-state index is 2.58. The van der Waals surface area contributed by atoms with Gasteiger partial charge in [0.25, 0.3) is 0 Å². The summed E-state index contributed by atoms with van der Waals surface area (Å²) in [4.78, 5) is 0. The number of rotatable bonds is 10. The minimum Gasteiger partial charge on any atom is -1.00 e. The van der Waals surface area contributed by atoms with Crippen molar-refractivity contribution in [1.82, 2.24) is 0 Å². The van der Waals surface area contributed by atoms with Crippen molar-refractivity contribution < 1.29 is 58.9 Å². The van der Waals surface area contributed by atoms with Crippen LogP contribution in [0.15, 0.2) is 72.8 Å². The van der Waals surface area contributed by atoms with Gasteiger partial charge in [-0.3, -0.25) is 0 Å². The zero-order chi connectivity index (χ0) is 26.6. The normalized spacial score (nSPS) is 10.6. The van der Waals surface area contributed by atoms with Gasteiger partial charge >= 0.3 is 21.7 Å². The van der Waals surface area contributed by atoms with E-state index < -0.39 is 8.07 Å². The van der Waals surface area contributed by atoms with Gasteiger partial charge in [-0.25, -0.2) is 12.1 Å². The van der Waals surface area contributed by atoms with Crippen LogP contribution in [0.2, 0.25) is 0 Å². The monoisotopic (exact) mass is 658 g/mol. The van der Waals surface area contributed by atoms with Crippen LogP contribution in [0.4, 0.5) is 0 Å². The Labute approximate surface area is 284 Å². The summed E-state index contributed by atoms with van der Waals surface area (Å²) in [5.41, 5.74) is 10.2. The zero-order valence-corrected chi connectivity index (χ0v) is 30.6. The van der Waals surface area contributed by atoms with E-state index in [4.69, 9.17) is 0 Å². The summed E-state index contributed by atoms with van der Waals surface area (Å²) in [5, 5.41) is 6.18. The fourth-order valence-corrected chi connectivity index (χ4v) is 11.4. The van der Waals surface area contributed by atoms with Crippen molar-refractivity contribution in [1.29, 1.82) is 0 Å². The SMILES string of the molecule is CCc1cc(CC)cc([Si](c2cc(CC)cc(CC)c2)(c2cc(CC)cc(CC)c2)[c-]2cccc2C)c1.[Cl-].[Cl-].[Cl-].[Ti+4]. The number of hydrogen-bond acceptors (Lipinski definition) is 0. The van der Waals surface area contributed by atoms with E-state index in [-0.39, 0.29) is 58.9 Å². The van der Waals surface area contributed by atoms with Gasteiger partial charge in [-0.1, -0.05) is 119 Å². The Hall–Kier alpha value is -1.19. The molecular formula is C36H45Cl3SiTi. The van der Waals surface area contributed by atoms with Crippen LogP contribution in [0.3, 0.4) is 0 Å². The summed E-state index contributed by atoms with van der Waals surface area (Å²) in [6, 6.07) is 29.7. The molecule has 0 aliphatic rings. The predicted molar refractivity (Wildman–Crippen MR) is 167 cm³/mol. The number of halogens is 3.